The van der Waals surface area contributed by atoms with Crippen molar-refractivity contribution >= 4 is 5.91 Å². The van der Waals surface area contributed by atoms with Gasteiger partial charge in [-0.1, -0.05) is 19.1 Å². The maximum absolute atomic E-state index is 13.4. The number of pyridine rings is 1. The molecule has 1 amide bonds. The summed E-state index contributed by atoms with van der Waals surface area (Å²) < 4.78 is 12.3. The van der Waals surface area contributed by atoms with Gasteiger partial charge < -0.3 is 14.4 Å². The molecule has 3 atom stereocenters. The molecule has 1 aliphatic carbocycles. The maximum Gasteiger partial charge on any atom is 0.228 e. The Hall–Kier alpha value is -1.72. The van der Waals surface area contributed by atoms with E-state index in [0.717, 1.165) is 63.8 Å². The van der Waals surface area contributed by atoms with Crippen LogP contribution in [-0.4, -0.2) is 48.2 Å². The second-order valence-electron chi connectivity index (χ2n) is 8.96. The van der Waals surface area contributed by atoms with Crippen LogP contribution >= 0.6 is 0 Å². The number of allylic oxidation sites excluding steroid dienone is 2. The third-order valence-electron chi connectivity index (χ3n) is 6.80. The van der Waals surface area contributed by atoms with Crippen molar-refractivity contribution in [3.05, 3.63) is 42.2 Å². The molecular formula is C23H32N2O3. The Bertz CT molecular complexity index is 707. The zero-order valence-electron chi connectivity index (χ0n) is 16.9. The Labute approximate surface area is 168 Å². The lowest BCUT2D eigenvalue weighted by Gasteiger charge is -2.51. The van der Waals surface area contributed by atoms with E-state index in [-0.39, 0.29) is 16.9 Å². The van der Waals surface area contributed by atoms with Crippen LogP contribution in [0.2, 0.25) is 0 Å². The Balaban J connectivity index is 1.44. The van der Waals surface area contributed by atoms with Crippen LogP contribution in [-0.2, 0) is 20.9 Å². The molecule has 28 heavy (non-hydrogen) atoms. The highest BCUT2D eigenvalue weighted by atomic mass is 16.5. The molecule has 152 valence electrons. The zero-order chi connectivity index (χ0) is 19.5. The molecule has 0 bridgehead atoms. The van der Waals surface area contributed by atoms with Gasteiger partial charge >= 0.3 is 0 Å². The van der Waals surface area contributed by atoms with Crippen LogP contribution in [0.15, 0.2) is 36.7 Å². The molecule has 3 heterocycles. The molecule has 2 saturated heterocycles. The summed E-state index contributed by atoms with van der Waals surface area (Å²) in [5, 5.41) is 0. The van der Waals surface area contributed by atoms with Crippen LogP contribution in [0.1, 0.15) is 51.0 Å². The average molecular weight is 385 g/mol. The summed E-state index contributed by atoms with van der Waals surface area (Å²) in [4.78, 5) is 19.6. The zero-order valence-corrected chi connectivity index (χ0v) is 16.9. The number of rotatable bonds is 5. The Morgan fingerprint density at radius 1 is 1.32 bits per heavy atom. The molecule has 2 fully saturated rings. The standard InChI is InChI=1S/C23H32N2O3/c1-22(9-3-2-4-10-22)21(26)25-14-8-20-23(17-25,11-5-15-28-20)18-27-16-19-6-12-24-13-7-19/h2-3,6-7,12-13,20H,4-5,8-11,14-18H2,1H3. The van der Waals surface area contributed by atoms with Crippen LogP contribution in [0.3, 0.4) is 0 Å². The summed E-state index contributed by atoms with van der Waals surface area (Å²) in [6.07, 6.45) is 14.0. The van der Waals surface area contributed by atoms with Gasteiger partial charge in [0.2, 0.25) is 5.91 Å². The fourth-order valence-electron chi connectivity index (χ4n) is 5.07. The van der Waals surface area contributed by atoms with Crippen molar-refractivity contribution < 1.29 is 14.3 Å². The van der Waals surface area contributed by atoms with E-state index in [0.29, 0.717) is 19.1 Å². The lowest BCUT2D eigenvalue weighted by molar-refractivity contribution is -0.171. The highest BCUT2D eigenvalue weighted by molar-refractivity contribution is 5.83. The maximum atomic E-state index is 13.4. The Kier molecular flexibility index (Phi) is 5.83. The van der Waals surface area contributed by atoms with E-state index >= 15 is 0 Å². The van der Waals surface area contributed by atoms with Gasteiger partial charge in [-0.3, -0.25) is 9.78 Å². The molecule has 0 spiro atoms. The number of nitrogens with zero attached hydrogens (tertiary/aromatic N) is 2. The van der Waals surface area contributed by atoms with Gasteiger partial charge in [0.25, 0.3) is 0 Å². The van der Waals surface area contributed by atoms with E-state index < -0.39 is 0 Å². The van der Waals surface area contributed by atoms with Crippen molar-refractivity contribution in [2.24, 2.45) is 10.8 Å². The molecule has 1 aromatic rings. The summed E-state index contributed by atoms with van der Waals surface area (Å²) in [6.45, 7) is 5.73. The lowest BCUT2D eigenvalue weighted by Crippen LogP contribution is -2.59. The molecule has 5 heteroatoms. The highest BCUT2D eigenvalue weighted by Gasteiger charge is 2.49. The van der Waals surface area contributed by atoms with Gasteiger partial charge in [-0.05, 0) is 56.2 Å². The molecule has 4 rings (SSSR count). The molecule has 1 aromatic heterocycles. The van der Waals surface area contributed by atoms with Crippen molar-refractivity contribution in [3.8, 4) is 0 Å². The monoisotopic (exact) mass is 384 g/mol. The molecule has 5 nitrogen and oxygen atoms in total. The van der Waals surface area contributed by atoms with Crippen LogP contribution < -0.4 is 0 Å². The lowest BCUT2D eigenvalue weighted by atomic mass is 9.71. The summed E-state index contributed by atoms with van der Waals surface area (Å²) in [6, 6.07) is 3.97. The number of likely N-dealkylation sites (tertiary alicyclic amines) is 1. The van der Waals surface area contributed by atoms with E-state index in [2.05, 4.69) is 29.0 Å². The number of amides is 1. The molecule has 0 N–H and O–H groups in total. The van der Waals surface area contributed by atoms with Crippen LogP contribution in [0.25, 0.3) is 0 Å². The highest BCUT2D eigenvalue weighted by Crippen LogP contribution is 2.43. The number of hydrogen-bond acceptors (Lipinski definition) is 4. The van der Waals surface area contributed by atoms with E-state index in [1.54, 1.807) is 12.4 Å². The predicted molar refractivity (Wildman–Crippen MR) is 108 cm³/mol. The van der Waals surface area contributed by atoms with Gasteiger partial charge in [-0.2, -0.15) is 0 Å². The number of carbonyl (C=O) groups is 1. The Morgan fingerprint density at radius 2 is 2.18 bits per heavy atom. The fraction of sp³-hybridized carbons (Fsp3) is 0.652. The number of fused-ring (bicyclic) bond motifs is 1. The van der Waals surface area contributed by atoms with Gasteiger partial charge in [-0.25, -0.2) is 0 Å². The van der Waals surface area contributed by atoms with Crippen molar-refractivity contribution in [3.63, 3.8) is 0 Å². The molecule has 0 radical (unpaired) electrons. The van der Waals surface area contributed by atoms with Crippen LogP contribution in [0.5, 0.6) is 0 Å². The van der Waals surface area contributed by atoms with Gasteiger partial charge in [0.1, 0.15) is 0 Å². The molecule has 3 aliphatic rings. The van der Waals surface area contributed by atoms with Gasteiger partial charge in [-0.15, -0.1) is 0 Å². The van der Waals surface area contributed by atoms with Gasteiger partial charge in [0, 0.05) is 37.5 Å². The number of piperidine rings is 1. The first-order chi connectivity index (χ1) is 13.6. The summed E-state index contributed by atoms with van der Waals surface area (Å²) >= 11 is 0. The average Bonchev–Trinajstić information content (AvgIpc) is 2.74. The summed E-state index contributed by atoms with van der Waals surface area (Å²) in [5.41, 5.74) is 0.793. The predicted octanol–water partition coefficient (Wildman–Crippen LogP) is 3.74. The minimum Gasteiger partial charge on any atom is -0.377 e. The molecule has 2 aliphatic heterocycles. The molecule has 3 unspecified atom stereocenters. The minimum atomic E-state index is -0.254. The van der Waals surface area contributed by atoms with E-state index in [1.807, 2.05) is 12.1 Å². The van der Waals surface area contributed by atoms with Gasteiger partial charge in [0.05, 0.1) is 24.7 Å². The first-order valence-corrected chi connectivity index (χ1v) is 10.6. The second kappa shape index (κ2) is 8.34. The van der Waals surface area contributed by atoms with Crippen molar-refractivity contribution in [1.29, 1.82) is 0 Å². The van der Waals surface area contributed by atoms with E-state index in [4.69, 9.17) is 9.47 Å². The van der Waals surface area contributed by atoms with Crippen molar-refractivity contribution in [2.45, 2.75) is 58.2 Å². The van der Waals surface area contributed by atoms with Crippen molar-refractivity contribution in [2.75, 3.05) is 26.3 Å². The number of carbonyl (C=O) groups excluding carboxylic acids is 1. The number of hydrogen-bond donors (Lipinski definition) is 0. The SMILES string of the molecule is CC1(C(=O)N2CCC3OCCCC3(COCc3ccncc3)C2)CC=CCC1. The summed E-state index contributed by atoms with van der Waals surface area (Å²) in [7, 11) is 0. The van der Waals surface area contributed by atoms with Crippen LogP contribution in [0.4, 0.5) is 0 Å². The van der Waals surface area contributed by atoms with Gasteiger partial charge in [0.15, 0.2) is 0 Å². The topological polar surface area (TPSA) is 51.7 Å². The van der Waals surface area contributed by atoms with Crippen molar-refractivity contribution in [1.82, 2.24) is 9.88 Å². The summed E-state index contributed by atoms with van der Waals surface area (Å²) in [5.74, 6) is 0.314. The number of ether oxygens (including phenoxy) is 2. The third kappa shape index (κ3) is 4.01. The molecular weight excluding hydrogens is 352 g/mol. The number of aromatic nitrogens is 1. The first-order valence-electron chi connectivity index (χ1n) is 10.6. The van der Waals surface area contributed by atoms with E-state index in [1.165, 1.54) is 0 Å². The van der Waals surface area contributed by atoms with Crippen LogP contribution in [0, 0.1) is 10.8 Å². The smallest absolute Gasteiger partial charge is 0.228 e. The second-order valence-corrected chi connectivity index (χ2v) is 8.96. The molecule has 0 saturated carbocycles. The fourth-order valence-corrected chi connectivity index (χ4v) is 5.07. The Morgan fingerprint density at radius 3 is 2.96 bits per heavy atom. The largest absolute Gasteiger partial charge is 0.377 e. The first kappa shape index (κ1) is 19.6. The normalized spacial score (nSPS) is 32.8. The third-order valence-corrected chi connectivity index (χ3v) is 6.80. The quantitative estimate of drug-likeness (QED) is 0.726. The van der Waals surface area contributed by atoms with E-state index in [9.17, 15) is 4.79 Å². The molecule has 0 aromatic carbocycles. The minimum absolute atomic E-state index is 0.0833.